The standard InChI is InChI=1S/C20H24N6O2/c1-5-14-11-17(26-18(24-14)21-12-22-26)23-15-6-7-16-13(10-15)8-9-25(16)19(27)28-20(2,3)4/h6-7,10-12,23H,5,8-9H2,1-4H3. The van der Waals surface area contributed by atoms with Crippen LogP contribution < -0.4 is 10.2 Å². The zero-order valence-electron chi connectivity index (χ0n) is 16.6. The lowest BCUT2D eigenvalue weighted by Crippen LogP contribution is -2.35. The minimum Gasteiger partial charge on any atom is -0.443 e. The van der Waals surface area contributed by atoms with Gasteiger partial charge in [-0.05, 0) is 57.4 Å². The van der Waals surface area contributed by atoms with Gasteiger partial charge in [0.25, 0.3) is 5.78 Å². The van der Waals surface area contributed by atoms with Gasteiger partial charge < -0.3 is 10.1 Å². The summed E-state index contributed by atoms with van der Waals surface area (Å²) in [6.45, 7) is 8.30. The molecule has 1 aromatic carbocycles. The van der Waals surface area contributed by atoms with Crippen LogP contribution in [0.2, 0.25) is 0 Å². The maximum Gasteiger partial charge on any atom is 0.414 e. The van der Waals surface area contributed by atoms with E-state index in [9.17, 15) is 4.79 Å². The topological polar surface area (TPSA) is 84.7 Å². The van der Waals surface area contributed by atoms with Crippen LogP contribution >= 0.6 is 0 Å². The zero-order valence-corrected chi connectivity index (χ0v) is 16.6. The van der Waals surface area contributed by atoms with Crippen LogP contribution in [0.4, 0.5) is 22.0 Å². The molecule has 0 saturated carbocycles. The van der Waals surface area contributed by atoms with Crippen LogP contribution in [-0.4, -0.2) is 37.8 Å². The van der Waals surface area contributed by atoms with Gasteiger partial charge in [-0.2, -0.15) is 14.6 Å². The molecule has 8 nitrogen and oxygen atoms in total. The van der Waals surface area contributed by atoms with Gasteiger partial charge in [0.15, 0.2) is 0 Å². The Bertz CT molecular complexity index is 1040. The van der Waals surface area contributed by atoms with E-state index in [-0.39, 0.29) is 6.09 Å². The summed E-state index contributed by atoms with van der Waals surface area (Å²) in [6.07, 6.45) is 2.79. The smallest absolute Gasteiger partial charge is 0.414 e. The number of carbonyl (C=O) groups excluding carboxylic acids is 1. The van der Waals surface area contributed by atoms with Gasteiger partial charge in [0.2, 0.25) is 0 Å². The Kier molecular flexibility index (Phi) is 4.41. The fourth-order valence-corrected chi connectivity index (χ4v) is 3.27. The molecule has 146 valence electrons. The van der Waals surface area contributed by atoms with Crippen LogP contribution in [0.3, 0.4) is 0 Å². The molecule has 8 heteroatoms. The molecule has 0 radical (unpaired) electrons. The number of benzene rings is 1. The summed E-state index contributed by atoms with van der Waals surface area (Å²) in [4.78, 5) is 22.8. The lowest BCUT2D eigenvalue weighted by atomic mass is 10.1. The van der Waals surface area contributed by atoms with Crippen molar-refractivity contribution in [2.45, 2.75) is 46.1 Å². The Labute approximate surface area is 163 Å². The van der Waals surface area contributed by atoms with Crippen molar-refractivity contribution in [2.24, 2.45) is 0 Å². The summed E-state index contributed by atoms with van der Waals surface area (Å²) in [7, 11) is 0. The number of nitrogens with one attached hydrogen (secondary N) is 1. The second-order valence-electron chi connectivity index (χ2n) is 7.81. The monoisotopic (exact) mass is 380 g/mol. The molecule has 0 fully saturated rings. The number of aromatic nitrogens is 4. The molecule has 0 unspecified atom stereocenters. The third-order valence-corrected chi connectivity index (χ3v) is 4.53. The van der Waals surface area contributed by atoms with Crippen molar-refractivity contribution in [3.63, 3.8) is 0 Å². The van der Waals surface area contributed by atoms with Crippen LogP contribution in [-0.2, 0) is 17.6 Å². The van der Waals surface area contributed by atoms with Crippen molar-refractivity contribution in [2.75, 3.05) is 16.8 Å². The van der Waals surface area contributed by atoms with Gasteiger partial charge >= 0.3 is 6.09 Å². The van der Waals surface area contributed by atoms with Gasteiger partial charge in [0.1, 0.15) is 17.7 Å². The number of hydrogen-bond donors (Lipinski definition) is 1. The summed E-state index contributed by atoms with van der Waals surface area (Å²) in [5.41, 5.74) is 3.36. The number of carbonyl (C=O) groups is 1. The molecular formula is C20H24N6O2. The molecule has 0 spiro atoms. The number of hydrogen-bond acceptors (Lipinski definition) is 6. The molecule has 3 aromatic rings. The first-order chi connectivity index (χ1) is 13.3. The summed E-state index contributed by atoms with van der Waals surface area (Å²) in [5, 5.41) is 7.65. The number of ether oxygens (including phenoxy) is 1. The highest BCUT2D eigenvalue weighted by Crippen LogP contribution is 2.32. The Morgan fingerprint density at radius 3 is 2.86 bits per heavy atom. The van der Waals surface area contributed by atoms with Crippen LogP contribution in [0.25, 0.3) is 5.78 Å². The zero-order chi connectivity index (χ0) is 19.9. The molecule has 3 heterocycles. The third-order valence-electron chi connectivity index (χ3n) is 4.53. The second-order valence-corrected chi connectivity index (χ2v) is 7.81. The predicted molar refractivity (Wildman–Crippen MR) is 107 cm³/mol. The highest BCUT2D eigenvalue weighted by atomic mass is 16.6. The van der Waals surface area contributed by atoms with Crippen molar-refractivity contribution in [3.8, 4) is 0 Å². The maximum atomic E-state index is 12.4. The first-order valence-corrected chi connectivity index (χ1v) is 9.44. The van der Waals surface area contributed by atoms with E-state index < -0.39 is 5.60 Å². The summed E-state index contributed by atoms with van der Waals surface area (Å²) in [6, 6.07) is 7.95. The van der Waals surface area contributed by atoms with E-state index >= 15 is 0 Å². The van der Waals surface area contributed by atoms with Gasteiger partial charge in [-0.25, -0.2) is 9.78 Å². The van der Waals surface area contributed by atoms with Gasteiger partial charge in [-0.1, -0.05) is 6.92 Å². The van der Waals surface area contributed by atoms with Gasteiger partial charge in [0.05, 0.1) is 5.69 Å². The third kappa shape index (κ3) is 3.49. The normalized spacial score (nSPS) is 13.6. The highest BCUT2D eigenvalue weighted by Gasteiger charge is 2.29. The number of amides is 1. The molecule has 1 N–H and O–H groups in total. The quantitative estimate of drug-likeness (QED) is 0.745. The van der Waals surface area contributed by atoms with Crippen molar-refractivity contribution in [1.29, 1.82) is 0 Å². The lowest BCUT2D eigenvalue weighted by molar-refractivity contribution is 0.0584. The van der Waals surface area contributed by atoms with E-state index in [4.69, 9.17) is 4.74 Å². The summed E-state index contributed by atoms with van der Waals surface area (Å²) >= 11 is 0. The Balaban J connectivity index is 1.59. The molecule has 0 saturated heterocycles. The molecule has 0 aliphatic carbocycles. The predicted octanol–water partition coefficient (Wildman–Crippen LogP) is 3.73. The molecule has 4 rings (SSSR count). The van der Waals surface area contributed by atoms with E-state index in [1.54, 1.807) is 9.42 Å². The number of aryl methyl sites for hydroxylation is 1. The van der Waals surface area contributed by atoms with Crippen molar-refractivity contribution < 1.29 is 9.53 Å². The average Bonchev–Trinajstić information content (AvgIpc) is 3.26. The van der Waals surface area contributed by atoms with Gasteiger partial charge in [-0.3, -0.25) is 4.90 Å². The Morgan fingerprint density at radius 2 is 2.11 bits per heavy atom. The molecular weight excluding hydrogens is 356 g/mol. The van der Waals surface area contributed by atoms with Crippen LogP contribution in [0.5, 0.6) is 0 Å². The number of nitrogens with zero attached hydrogens (tertiary/aromatic N) is 5. The van der Waals surface area contributed by atoms with Gasteiger partial charge in [0, 0.05) is 24.0 Å². The summed E-state index contributed by atoms with van der Waals surface area (Å²) < 4.78 is 7.20. The molecule has 1 aliphatic heterocycles. The van der Waals surface area contributed by atoms with E-state index in [0.717, 1.165) is 41.3 Å². The lowest BCUT2D eigenvalue weighted by Gasteiger charge is -2.24. The average molecular weight is 380 g/mol. The van der Waals surface area contributed by atoms with Crippen LogP contribution in [0.15, 0.2) is 30.6 Å². The summed E-state index contributed by atoms with van der Waals surface area (Å²) in [5.74, 6) is 1.38. The van der Waals surface area contributed by atoms with Crippen LogP contribution in [0.1, 0.15) is 39.0 Å². The van der Waals surface area contributed by atoms with E-state index in [2.05, 4.69) is 33.4 Å². The van der Waals surface area contributed by atoms with E-state index in [1.165, 1.54) is 6.33 Å². The first kappa shape index (κ1) is 18.2. The van der Waals surface area contributed by atoms with Crippen molar-refractivity contribution in [1.82, 2.24) is 19.6 Å². The maximum absolute atomic E-state index is 12.4. The number of anilines is 3. The largest absolute Gasteiger partial charge is 0.443 e. The second kappa shape index (κ2) is 6.78. The molecule has 0 bridgehead atoms. The highest BCUT2D eigenvalue weighted by molar-refractivity contribution is 5.91. The molecule has 1 amide bonds. The van der Waals surface area contributed by atoms with Crippen LogP contribution in [0, 0.1) is 0 Å². The van der Waals surface area contributed by atoms with E-state index in [0.29, 0.717) is 12.3 Å². The van der Waals surface area contributed by atoms with Crippen molar-refractivity contribution >= 4 is 29.1 Å². The molecule has 28 heavy (non-hydrogen) atoms. The van der Waals surface area contributed by atoms with E-state index in [1.807, 2.05) is 39.0 Å². The minimum absolute atomic E-state index is 0.307. The van der Waals surface area contributed by atoms with Crippen molar-refractivity contribution in [3.05, 3.63) is 41.9 Å². The fraction of sp³-hybridized carbons (Fsp3) is 0.400. The number of rotatable bonds is 3. The Hall–Kier alpha value is -3.16. The molecule has 1 aliphatic rings. The molecule has 2 aromatic heterocycles. The first-order valence-electron chi connectivity index (χ1n) is 9.44. The SMILES string of the molecule is CCc1cc(Nc2ccc3c(c2)CCN3C(=O)OC(C)(C)C)n2ncnc2n1. The minimum atomic E-state index is -0.511. The molecule has 0 atom stereocenters. The fourth-order valence-electron chi connectivity index (χ4n) is 3.27. The van der Waals surface area contributed by atoms with Gasteiger partial charge in [-0.15, -0.1) is 0 Å². The Morgan fingerprint density at radius 1 is 1.29 bits per heavy atom. The number of fused-ring (bicyclic) bond motifs is 2.